The summed E-state index contributed by atoms with van der Waals surface area (Å²) in [7, 11) is 0. The molecular formula is C14H18. The zero-order valence-electron chi connectivity index (χ0n) is 9.09. The minimum Gasteiger partial charge on any atom is -0.0955 e. The highest BCUT2D eigenvalue weighted by atomic mass is 14.0. The second kappa shape index (κ2) is 5.43. The van der Waals surface area contributed by atoms with Crippen molar-refractivity contribution in [2.24, 2.45) is 0 Å². The Hall–Kier alpha value is -1.30. The first-order valence-electron chi connectivity index (χ1n) is 5.16. The first-order chi connectivity index (χ1) is 6.74. The van der Waals surface area contributed by atoms with Gasteiger partial charge in [-0.2, -0.15) is 0 Å². The summed E-state index contributed by atoms with van der Waals surface area (Å²) >= 11 is 0. The van der Waals surface area contributed by atoms with E-state index in [1.807, 2.05) is 6.92 Å². The van der Waals surface area contributed by atoms with Crippen LogP contribution in [0.2, 0.25) is 0 Å². The average molecular weight is 186 g/mol. The standard InChI is InChI=1S/C14H18/c1-4-5-6-7-13-8-10-14(11-9-13)12(2)3/h6-11H,2,4-5H2,1,3H3/b7-6+. The van der Waals surface area contributed by atoms with Gasteiger partial charge in [-0.1, -0.05) is 61.9 Å². The van der Waals surface area contributed by atoms with Gasteiger partial charge in [0.25, 0.3) is 0 Å². The molecule has 0 aromatic heterocycles. The van der Waals surface area contributed by atoms with Gasteiger partial charge in [-0.15, -0.1) is 0 Å². The van der Waals surface area contributed by atoms with Crippen molar-refractivity contribution in [1.29, 1.82) is 0 Å². The van der Waals surface area contributed by atoms with Gasteiger partial charge >= 0.3 is 0 Å². The number of hydrogen-bond acceptors (Lipinski definition) is 0. The summed E-state index contributed by atoms with van der Waals surface area (Å²) in [6.45, 7) is 8.13. The first kappa shape index (κ1) is 10.8. The second-order valence-electron chi connectivity index (χ2n) is 3.59. The number of allylic oxidation sites excluding steroid dienone is 2. The van der Waals surface area contributed by atoms with Crippen LogP contribution in [0, 0.1) is 0 Å². The van der Waals surface area contributed by atoms with Crippen LogP contribution in [0.25, 0.3) is 11.6 Å². The lowest BCUT2D eigenvalue weighted by Crippen LogP contribution is -1.78. The minimum atomic E-state index is 1.12. The van der Waals surface area contributed by atoms with E-state index in [-0.39, 0.29) is 0 Å². The molecule has 0 aliphatic heterocycles. The molecule has 0 nitrogen and oxygen atoms in total. The summed E-state index contributed by atoms with van der Waals surface area (Å²) in [5.74, 6) is 0. The van der Waals surface area contributed by atoms with Gasteiger partial charge in [-0.25, -0.2) is 0 Å². The highest BCUT2D eigenvalue weighted by Crippen LogP contribution is 2.13. The normalized spacial score (nSPS) is 10.7. The van der Waals surface area contributed by atoms with Gasteiger partial charge < -0.3 is 0 Å². The SMILES string of the molecule is C=C(C)c1ccc(/C=C/CCC)cc1. The number of unbranched alkanes of at least 4 members (excludes halogenated alkanes) is 1. The minimum absolute atomic E-state index is 1.12. The summed E-state index contributed by atoms with van der Waals surface area (Å²) in [5, 5.41) is 0. The first-order valence-corrected chi connectivity index (χ1v) is 5.16. The zero-order valence-corrected chi connectivity index (χ0v) is 9.09. The predicted octanol–water partition coefficient (Wildman–Crippen LogP) is 4.53. The summed E-state index contributed by atoms with van der Waals surface area (Å²) in [6, 6.07) is 8.51. The lowest BCUT2D eigenvalue weighted by atomic mass is 10.1. The number of hydrogen-bond donors (Lipinski definition) is 0. The average Bonchev–Trinajstić information content (AvgIpc) is 2.19. The fraction of sp³-hybridized carbons (Fsp3) is 0.286. The van der Waals surface area contributed by atoms with E-state index >= 15 is 0 Å². The summed E-state index contributed by atoms with van der Waals surface area (Å²) in [6.07, 6.45) is 6.75. The highest BCUT2D eigenvalue weighted by Gasteiger charge is 1.91. The maximum Gasteiger partial charge on any atom is -0.0233 e. The molecule has 1 aromatic rings. The summed E-state index contributed by atoms with van der Waals surface area (Å²) in [5.41, 5.74) is 3.61. The molecule has 1 rings (SSSR count). The van der Waals surface area contributed by atoms with E-state index in [1.165, 1.54) is 17.5 Å². The molecule has 0 unspecified atom stereocenters. The lowest BCUT2D eigenvalue weighted by molar-refractivity contribution is 0.962. The molecule has 74 valence electrons. The van der Waals surface area contributed by atoms with Gasteiger partial charge in [0.15, 0.2) is 0 Å². The molecule has 0 atom stereocenters. The Labute approximate surface area is 87.0 Å². The molecule has 0 aliphatic rings. The topological polar surface area (TPSA) is 0 Å². The van der Waals surface area contributed by atoms with Crippen molar-refractivity contribution in [2.75, 3.05) is 0 Å². The third-order valence-corrected chi connectivity index (χ3v) is 2.17. The predicted molar refractivity (Wildman–Crippen MR) is 65.1 cm³/mol. The molecule has 0 N–H and O–H groups in total. The van der Waals surface area contributed by atoms with E-state index in [2.05, 4.69) is 49.9 Å². The summed E-state index contributed by atoms with van der Waals surface area (Å²) in [4.78, 5) is 0. The van der Waals surface area contributed by atoms with Gasteiger partial charge in [0.1, 0.15) is 0 Å². The molecule has 0 saturated carbocycles. The number of benzene rings is 1. The molecule has 0 heterocycles. The van der Waals surface area contributed by atoms with Crippen LogP contribution in [0.3, 0.4) is 0 Å². The highest BCUT2D eigenvalue weighted by molar-refractivity contribution is 5.63. The Balaban J connectivity index is 2.68. The summed E-state index contributed by atoms with van der Waals surface area (Å²) < 4.78 is 0. The Morgan fingerprint density at radius 2 is 1.93 bits per heavy atom. The van der Waals surface area contributed by atoms with Gasteiger partial charge in [-0.05, 0) is 24.5 Å². The van der Waals surface area contributed by atoms with Gasteiger partial charge in [-0.3, -0.25) is 0 Å². The van der Waals surface area contributed by atoms with Crippen LogP contribution in [0.4, 0.5) is 0 Å². The van der Waals surface area contributed by atoms with Crippen molar-refractivity contribution < 1.29 is 0 Å². The van der Waals surface area contributed by atoms with Crippen molar-refractivity contribution in [3.8, 4) is 0 Å². The van der Waals surface area contributed by atoms with Crippen LogP contribution in [0.1, 0.15) is 37.8 Å². The third-order valence-electron chi connectivity index (χ3n) is 2.17. The van der Waals surface area contributed by atoms with Crippen LogP contribution in [0.15, 0.2) is 36.9 Å². The fourth-order valence-electron chi connectivity index (χ4n) is 1.26. The van der Waals surface area contributed by atoms with E-state index in [9.17, 15) is 0 Å². The second-order valence-corrected chi connectivity index (χ2v) is 3.59. The van der Waals surface area contributed by atoms with Crippen molar-refractivity contribution in [2.45, 2.75) is 26.7 Å². The maximum atomic E-state index is 3.91. The van der Waals surface area contributed by atoms with E-state index in [4.69, 9.17) is 0 Å². The molecule has 0 radical (unpaired) electrons. The van der Waals surface area contributed by atoms with E-state index in [0.717, 1.165) is 12.0 Å². The largest absolute Gasteiger partial charge is 0.0955 e. The maximum absolute atomic E-state index is 3.91. The molecule has 0 aliphatic carbocycles. The molecular weight excluding hydrogens is 168 g/mol. The van der Waals surface area contributed by atoms with Crippen LogP contribution >= 0.6 is 0 Å². The van der Waals surface area contributed by atoms with Crippen molar-refractivity contribution in [3.63, 3.8) is 0 Å². The van der Waals surface area contributed by atoms with Crippen LogP contribution < -0.4 is 0 Å². The Morgan fingerprint density at radius 1 is 1.29 bits per heavy atom. The Morgan fingerprint density at radius 3 is 2.43 bits per heavy atom. The Kier molecular flexibility index (Phi) is 4.18. The van der Waals surface area contributed by atoms with Gasteiger partial charge in [0, 0.05) is 0 Å². The third kappa shape index (κ3) is 3.21. The fourth-order valence-corrected chi connectivity index (χ4v) is 1.26. The van der Waals surface area contributed by atoms with Gasteiger partial charge in [0.05, 0.1) is 0 Å². The molecule has 1 aromatic carbocycles. The van der Waals surface area contributed by atoms with Crippen LogP contribution in [0.5, 0.6) is 0 Å². The lowest BCUT2D eigenvalue weighted by Gasteiger charge is -1.99. The molecule has 14 heavy (non-hydrogen) atoms. The van der Waals surface area contributed by atoms with Crippen molar-refractivity contribution in [3.05, 3.63) is 48.0 Å². The van der Waals surface area contributed by atoms with E-state index in [1.54, 1.807) is 0 Å². The van der Waals surface area contributed by atoms with E-state index in [0.29, 0.717) is 0 Å². The molecule has 0 saturated heterocycles. The number of rotatable bonds is 4. The monoisotopic (exact) mass is 186 g/mol. The molecule has 0 bridgehead atoms. The van der Waals surface area contributed by atoms with Crippen LogP contribution in [-0.2, 0) is 0 Å². The quantitative estimate of drug-likeness (QED) is 0.648. The van der Waals surface area contributed by atoms with Crippen molar-refractivity contribution >= 4 is 11.6 Å². The smallest absolute Gasteiger partial charge is 0.0233 e. The van der Waals surface area contributed by atoms with Crippen LogP contribution in [-0.4, -0.2) is 0 Å². The Bertz CT molecular complexity index is 314. The molecule has 0 fully saturated rings. The molecule has 0 amide bonds. The van der Waals surface area contributed by atoms with Crippen molar-refractivity contribution in [1.82, 2.24) is 0 Å². The van der Waals surface area contributed by atoms with Gasteiger partial charge in [0.2, 0.25) is 0 Å². The zero-order chi connectivity index (χ0) is 10.4. The molecule has 0 spiro atoms. The van der Waals surface area contributed by atoms with E-state index < -0.39 is 0 Å². The molecule has 0 heteroatoms.